The van der Waals surface area contributed by atoms with Crippen molar-refractivity contribution in [3.05, 3.63) is 37.1 Å². The number of nitrogens with zero attached hydrogens (tertiary/aromatic N) is 1. The molecular formula is C21H37NO3Si. The number of carbonyl (C=O) groups excluding carboxylic acids is 1. The Labute approximate surface area is 161 Å². The molecule has 0 fully saturated rings. The fraction of sp³-hybridized carbons (Fsp3) is 0.667. The Morgan fingerprint density at radius 3 is 2.46 bits per heavy atom. The second-order valence-electron chi connectivity index (χ2n) is 8.64. The van der Waals surface area contributed by atoms with Crippen molar-refractivity contribution >= 4 is 14.4 Å². The van der Waals surface area contributed by atoms with Crippen LogP contribution in [0.4, 0.5) is 4.79 Å². The summed E-state index contributed by atoms with van der Waals surface area (Å²) in [4.78, 5) is 14.2. The van der Waals surface area contributed by atoms with Gasteiger partial charge in [0.2, 0.25) is 8.32 Å². The summed E-state index contributed by atoms with van der Waals surface area (Å²) < 4.78 is 11.6. The molecule has 4 nitrogen and oxygen atoms in total. The average molecular weight is 380 g/mol. The molecule has 0 N–H and O–H groups in total. The highest BCUT2D eigenvalue weighted by atomic mass is 28.4. The molecular weight excluding hydrogens is 342 g/mol. The molecule has 0 aromatic carbocycles. The molecule has 0 bridgehead atoms. The minimum absolute atomic E-state index is 0.129. The summed E-state index contributed by atoms with van der Waals surface area (Å²) in [6.45, 7) is 21.7. The summed E-state index contributed by atoms with van der Waals surface area (Å²) in [5.74, 6) is 0.991. The molecule has 0 aromatic rings. The second kappa shape index (κ2) is 8.46. The van der Waals surface area contributed by atoms with E-state index in [0.717, 1.165) is 25.0 Å². The van der Waals surface area contributed by atoms with Gasteiger partial charge in [-0.05, 0) is 37.0 Å². The first-order valence-corrected chi connectivity index (χ1v) is 12.4. The number of carbonyl (C=O) groups is 1. The van der Waals surface area contributed by atoms with Gasteiger partial charge < -0.3 is 9.16 Å². The first-order valence-electron chi connectivity index (χ1n) is 9.46. The monoisotopic (exact) mass is 379 g/mol. The molecule has 0 spiro atoms. The standard InChI is InChI=1S/C21H37NO3Si/c1-10-15-22(19(23)24-7)18-16-17(13-14-21(18,11-2)12-3)25-26(8,9)20(4,5)6/h10-11,16,18H,1-2,12-15H2,3-9H3/t18-,21-/m0/s1. The number of hydrogen-bond donors (Lipinski definition) is 0. The highest BCUT2D eigenvalue weighted by Gasteiger charge is 2.44. The van der Waals surface area contributed by atoms with Crippen molar-refractivity contribution in [2.45, 2.75) is 71.1 Å². The molecule has 0 aliphatic heterocycles. The maximum atomic E-state index is 12.4. The largest absolute Gasteiger partial charge is 0.547 e. The molecule has 1 aliphatic carbocycles. The van der Waals surface area contributed by atoms with E-state index >= 15 is 0 Å². The van der Waals surface area contributed by atoms with Gasteiger partial charge in [0.1, 0.15) is 0 Å². The van der Waals surface area contributed by atoms with Crippen LogP contribution in [0.3, 0.4) is 0 Å². The smallest absolute Gasteiger partial charge is 0.410 e. The van der Waals surface area contributed by atoms with Crippen LogP contribution >= 0.6 is 0 Å². The summed E-state index contributed by atoms with van der Waals surface area (Å²) in [7, 11) is -0.510. The first kappa shape index (κ1) is 22.5. The SMILES string of the molecule is C=CCN(C(=O)OC)[C@H]1C=C(O[Si](C)(C)C(C)(C)C)CC[C@]1(C=C)CC. The van der Waals surface area contributed by atoms with Gasteiger partial charge in [0.15, 0.2) is 0 Å². The van der Waals surface area contributed by atoms with E-state index in [-0.39, 0.29) is 22.6 Å². The molecule has 2 atom stereocenters. The van der Waals surface area contributed by atoms with Gasteiger partial charge in [-0.25, -0.2) is 4.79 Å². The van der Waals surface area contributed by atoms with Gasteiger partial charge in [0, 0.05) is 18.4 Å². The van der Waals surface area contributed by atoms with Crippen molar-refractivity contribution in [3.63, 3.8) is 0 Å². The van der Waals surface area contributed by atoms with Gasteiger partial charge in [-0.2, -0.15) is 0 Å². The van der Waals surface area contributed by atoms with E-state index in [9.17, 15) is 4.79 Å². The molecule has 0 aromatic heterocycles. The zero-order valence-electron chi connectivity index (χ0n) is 17.7. The van der Waals surface area contributed by atoms with E-state index < -0.39 is 8.32 Å². The van der Waals surface area contributed by atoms with Gasteiger partial charge in [-0.3, -0.25) is 4.90 Å². The minimum atomic E-state index is -1.93. The summed E-state index contributed by atoms with van der Waals surface area (Å²) in [6.07, 6.45) is 8.17. The zero-order valence-corrected chi connectivity index (χ0v) is 18.7. The molecule has 0 saturated carbocycles. The van der Waals surface area contributed by atoms with Crippen molar-refractivity contribution in [3.8, 4) is 0 Å². The van der Waals surface area contributed by atoms with Crippen LogP contribution in [0, 0.1) is 5.41 Å². The van der Waals surface area contributed by atoms with E-state index in [2.05, 4.69) is 60.0 Å². The number of amides is 1. The highest BCUT2D eigenvalue weighted by molar-refractivity contribution is 6.74. The van der Waals surface area contributed by atoms with E-state index in [0.29, 0.717) is 6.54 Å². The first-order chi connectivity index (χ1) is 12.0. The number of allylic oxidation sites excluding steroid dienone is 1. The average Bonchev–Trinajstić information content (AvgIpc) is 2.58. The fourth-order valence-electron chi connectivity index (χ4n) is 3.21. The molecule has 0 heterocycles. The van der Waals surface area contributed by atoms with Gasteiger partial charge in [-0.15, -0.1) is 13.2 Å². The van der Waals surface area contributed by atoms with Crippen LogP contribution < -0.4 is 0 Å². The van der Waals surface area contributed by atoms with Crippen molar-refractivity contribution in [2.24, 2.45) is 5.41 Å². The Bertz CT molecular complexity index is 562. The topological polar surface area (TPSA) is 38.8 Å². The maximum Gasteiger partial charge on any atom is 0.410 e. The molecule has 0 radical (unpaired) electrons. The Hall–Kier alpha value is -1.49. The third-order valence-electron chi connectivity index (χ3n) is 6.10. The number of rotatable bonds is 7. The van der Waals surface area contributed by atoms with Gasteiger partial charge in [0.25, 0.3) is 0 Å². The van der Waals surface area contributed by atoms with Crippen molar-refractivity contribution < 1.29 is 14.0 Å². The number of ether oxygens (including phenoxy) is 1. The Kier molecular flexibility index (Phi) is 7.34. The summed E-state index contributed by atoms with van der Waals surface area (Å²) in [5, 5.41) is 0.129. The van der Waals surface area contributed by atoms with Crippen LogP contribution in [-0.2, 0) is 9.16 Å². The maximum absolute atomic E-state index is 12.4. The third kappa shape index (κ3) is 4.61. The highest BCUT2D eigenvalue weighted by Crippen LogP contribution is 2.45. The molecule has 0 saturated heterocycles. The fourth-order valence-corrected chi connectivity index (χ4v) is 4.34. The minimum Gasteiger partial charge on any atom is -0.547 e. The summed E-state index contributed by atoms with van der Waals surface area (Å²) in [6, 6.07) is -0.149. The molecule has 148 valence electrons. The molecule has 1 amide bonds. The van der Waals surface area contributed by atoms with Crippen LogP contribution in [-0.4, -0.2) is 39.0 Å². The summed E-state index contributed by atoms with van der Waals surface area (Å²) >= 11 is 0. The number of hydrogen-bond acceptors (Lipinski definition) is 3. The summed E-state index contributed by atoms with van der Waals surface area (Å²) in [5.41, 5.74) is -0.183. The lowest BCUT2D eigenvalue weighted by Gasteiger charge is -2.46. The Morgan fingerprint density at radius 1 is 1.42 bits per heavy atom. The molecule has 1 aliphatic rings. The van der Waals surface area contributed by atoms with E-state index in [1.807, 2.05) is 6.08 Å². The lowest BCUT2D eigenvalue weighted by molar-refractivity contribution is 0.0792. The van der Waals surface area contributed by atoms with E-state index in [4.69, 9.17) is 9.16 Å². The van der Waals surface area contributed by atoms with Crippen molar-refractivity contribution in [2.75, 3.05) is 13.7 Å². The lowest BCUT2D eigenvalue weighted by atomic mass is 9.70. The third-order valence-corrected chi connectivity index (χ3v) is 10.5. The van der Waals surface area contributed by atoms with Gasteiger partial charge in [-0.1, -0.05) is 39.8 Å². The van der Waals surface area contributed by atoms with Crippen LogP contribution in [0.1, 0.15) is 47.0 Å². The zero-order chi connectivity index (χ0) is 20.2. The van der Waals surface area contributed by atoms with Crippen LogP contribution in [0.25, 0.3) is 0 Å². The lowest BCUT2D eigenvalue weighted by Crippen LogP contribution is -2.51. The molecule has 0 unspecified atom stereocenters. The number of methoxy groups -OCH3 is 1. The Balaban J connectivity index is 3.33. The predicted octanol–water partition coefficient (Wildman–Crippen LogP) is 5.89. The van der Waals surface area contributed by atoms with Crippen LogP contribution in [0.5, 0.6) is 0 Å². The van der Waals surface area contributed by atoms with E-state index in [1.54, 1.807) is 11.0 Å². The van der Waals surface area contributed by atoms with Crippen molar-refractivity contribution in [1.82, 2.24) is 4.90 Å². The molecule has 26 heavy (non-hydrogen) atoms. The predicted molar refractivity (Wildman–Crippen MR) is 112 cm³/mol. The van der Waals surface area contributed by atoms with Gasteiger partial charge in [0.05, 0.1) is 18.9 Å². The Morgan fingerprint density at radius 2 is 2.04 bits per heavy atom. The molecule has 5 heteroatoms. The second-order valence-corrected chi connectivity index (χ2v) is 13.4. The van der Waals surface area contributed by atoms with E-state index in [1.165, 1.54) is 7.11 Å². The molecule has 1 rings (SSSR count). The van der Waals surface area contributed by atoms with Crippen molar-refractivity contribution in [1.29, 1.82) is 0 Å². The quantitative estimate of drug-likeness (QED) is 0.409. The normalized spacial score (nSPS) is 23.7. The van der Waals surface area contributed by atoms with Gasteiger partial charge >= 0.3 is 6.09 Å². The van der Waals surface area contributed by atoms with Crippen LogP contribution in [0.15, 0.2) is 37.1 Å². The van der Waals surface area contributed by atoms with Crippen LogP contribution in [0.2, 0.25) is 18.1 Å².